The van der Waals surface area contributed by atoms with Gasteiger partial charge >= 0.3 is 5.97 Å². The van der Waals surface area contributed by atoms with Crippen molar-refractivity contribution >= 4 is 11.9 Å². The van der Waals surface area contributed by atoms with Crippen LogP contribution in [-0.2, 0) is 4.79 Å². The summed E-state index contributed by atoms with van der Waals surface area (Å²) in [5.74, 6) is 0.0898. The van der Waals surface area contributed by atoms with E-state index in [4.69, 9.17) is 9.47 Å². The Balaban J connectivity index is 2.26. The van der Waals surface area contributed by atoms with Gasteiger partial charge in [0.25, 0.3) is 5.91 Å². The minimum atomic E-state index is -0.956. The third-order valence-electron chi connectivity index (χ3n) is 4.12. The molecule has 0 aliphatic carbocycles. The first kappa shape index (κ1) is 17.1. The molecule has 0 bridgehead atoms. The first-order chi connectivity index (χ1) is 11.0. The standard InChI is InChI=1S/C17H23NO5/c1-4-23-14-6-5-12(10-15(14)22-3)16(19)18-8-7-11(2)9-13(18)17(20)21/h5-6,10-11,13H,4,7-9H2,1-3H3,(H,20,21). The maximum atomic E-state index is 12.7. The summed E-state index contributed by atoms with van der Waals surface area (Å²) >= 11 is 0. The average molecular weight is 321 g/mol. The fraction of sp³-hybridized carbons (Fsp3) is 0.529. The van der Waals surface area contributed by atoms with Gasteiger partial charge in [0.2, 0.25) is 0 Å². The topological polar surface area (TPSA) is 76.1 Å². The van der Waals surface area contributed by atoms with E-state index < -0.39 is 12.0 Å². The molecule has 1 aliphatic rings. The highest BCUT2D eigenvalue weighted by Crippen LogP contribution is 2.30. The van der Waals surface area contributed by atoms with Crippen LogP contribution in [0.15, 0.2) is 18.2 Å². The normalized spacial score (nSPS) is 20.9. The lowest BCUT2D eigenvalue weighted by Gasteiger charge is -2.36. The van der Waals surface area contributed by atoms with Crippen LogP contribution >= 0.6 is 0 Å². The molecule has 1 amide bonds. The average Bonchev–Trinajstić information content (AvgIpc) is 2.54. The Labute approximate surface area is 136 Å². The van der Waals surface area contributed by atoms with Crippen LogP contribution in [0.25, 0.3) is 0 Å². The summed E-state index contributed by atoms with van der Waals surface area (Å²) in [5, 5.41) is 9.40. The second-order valence-corrected chi connectivity index (χ2v) is 5.78. The fourth-order valence-corrected chi connectivity index (χ4v) is 2.86. The molecule has 0 spiro atoms. The molecule has 1 aromatic rings. The summed E-state index contributed by atoms with van der Waals surface area (Å²) in [7, 11) is 1.51. The van der Waals surface area contributed by atoms with Gasteiger partial charge in [0.15, 0.2) is 11.5 Å². The number of rotatable bonds is 5. The van der Waals surface area contributed by atoms with E-state index in [0.717, 1.165) is 6.42 Å². The number of carbonyl (C=O) groups is 2. The number of methoxy groups -OCH3 is 1. The van der Waals surface area contributed by atoms with E-state index in [1.807, 2.05) is 13.8 Å². The van der Waals surface area contributed by atoms with E-state index in [-0.39, 0.29) is 5.91 Å². The number of hydrogen-bond donors (Lipinski definition) is 1. The molecule has 2 unspecified atom stereocenters. The van der Waals surface area contributed by atoms with E-state index in [9.17, 15) is 14.7 Å². The smallest absolute Gasteiger partial charge is 0.326 e. The molecule has 23 heavy (non-hydrogen) atoms. The van der Waals surface area contributed by atoms with E-state index in [1.54, 1.807) is 18.2 Å². The summed E-state index contributed by atoms with van der Waals surface area (Å²) in [6.07, 6.45) is 1.29. The molecule has 1 fully saturated rings. The second kappa shape index (κ2) is 7.35. The number of amides is 1. The molecule has 0 radical (unpaired) electrons. The van der Waals surface area contributed by atoms with Crippen molar-refractivity contribution in [2.24, 2.45) is 5.92 Å². The molecule has 1 heterocycles. The van der Waals surface area contributed by atoms with Crippen LogP contribution in [0.5, 0.6) is 11.5 Å². The van der Waals surface area contributed by atoms with Crippen LogP contribution in [0.3, 0.4) is 0 Å². The number of carboxylic acid groups (broad SMARTS) is 1. The predicted molar refractivity (Wildman–Crippen MR) is 85.0 cm³/mol. The molecule has 1 N–H and O–H groups in total. The van der Waals surface area contributed by atoms with Crippen LogP contribution in [0.1, 0.15) is 37.0 Å². The summed E-state index contributed by atoms with van der Waals surface area (Å²) in [6.45, 7) is 4.82. The van der Waals surface area contributed by atoms with Crippen LogP contribution in [0.4, 0.5) is 0 Å². The summed E-state index contributed by atoms with van der Waals surface area (Å²) in [5.41, 5.74) is 0.408. The van der Waals surface area contributed by atoms with Gasteiger partial charge in [-0.1, -0.05) is 6.92 Å². The number of aliphatic carboxylic acids is 1. The van der Waals surface area contributed by atoms with Gasteiger partial charge < -0.3 is 19.5 Å². The van der Waals surface area contributed by atoms with E-state index >= 15 is 0 Å². The monoisotopic (exact) mass is 321 g/mol. The molecule has 1 aromatic carbocycles. The highest BCUT2D eigenvalue weighted by molar-refractivity contribution is 5.97. The maximum absolute atomic E-state index is 12.7. The number of piperidine rings is 1. The fourth-order valence-electron chi connectivity index (χ4n) is 2.86. The third kappa shape index (κ3) is 3.75. The van der Waals surface area contributed by atoms with E-state index in [2.05, 4.69) is 0 Å². The minimum absolute atomic E-state index is 0.286. The molecular formula is C17H23NO5. The predicted octanol–water partition coefficient (Wildman–Crippen LogP) is 2.42. The summed E-state index contributed by atoms with van der Waals surface area (Å²) in [4.78, 5) is 25.6. The van der Waals surface area contributed by atoms with Gasteiger partial charge in [-0.05, 0) is 43.9 Å². The maximum Gasteiger partial charge on any atom is 0.326 e. The zero-order chi connectivity index (χ0) is 17.0. The molecular weight excluding hydrogens is 298 g/mol. The first-order valence-electron chi connectivity index (χ1n) is 7.82. The molecule has 2 atom stereocenters. The highest BCUT2D eigenvalue weighted by Gasteiger charge is 2.35. The van der Waals surface area contributed by atoms with Gasteiger partial charge in [0.1, 0.15) is 6.04 Å². The Bertz CT molecular complexity index is 586. The number of carboxylic acids is 1. The SMILES string of the molecule is CCOc1ccc(C(=O)N2CCC(C)CC2C(=O)O)cc1OC. The van der Waals surface area contributed by atoms with E-state index in [1.165, 1.54) is 12.0 Å². The lowest BCUT2D eigenvalue weighted by molar-refractivity contribution is -0.144. The van der Waals surface area contributed by atoms with Gasteiger partial charge in [-0.2, -0.15) is 0 Å². The number of benzene rings is 1. The highest BCUT2D eigenvalue weighted by atomic mass is 16.5. The van der Waals surface area contributed by atoms with Crippen molar-refractivity contribution in [2.75, 3.05) is 20.3 Å². The zero-order valence-corrected chi connectivity index (χ0v) is 13.7. The minimum Gasteiger partial charge on any atom is -0.493 e. The van der Waals surface area contributed by atoms with Crippen LogP contribution in [0.2, 0.25) is 0 Å². The van der Waals surface area contributed by atoms with Gasteiger partial charge in [-0.3, -0.25) is 4.79 Å². The Morgan fingerprint density at radius 2 is 2.09 bits per heavy atom. The van der Waals surface area contributed by atoms with Gasteiger partial charge in [-0.25, -0.2) is 4.79 Å². The van der Waals surface area contributed by atoms with Crippen molar-refractivity contribution in [1.29, 1.82) is 0 Å². The molecule has 1 aliphatic heterocycles. The largest absolute Gasteiger partial charge is 0.493 e. The van der Waals surface area contributed by atoms with Gasteiger partial charge in [0, 0.05) is 12.1 Å². The number of likely N-dealkylation sites (tertiary alicyclic amines) is 1. The van der Waals surface area contributed by atoms with Crippen LogP contribution in [0, 0.1) is 5.92 Å². The van der Waals surface area contributed by atoms with Crippen LogP contribution < -0.4 is 9.47 Å². The number of hydrogen-bond acceptors (Lipinski definition) is 4. The van der Waals surface area contributed by atoms with Crippen molar-refractivity contribution in [3.8, 4) is 11.5 Å². The van der Waals surface area contributed by atoms with Crippen LogP contribution in [-0.4, -0.2) is 48.2 Å². The van der Waals surface area contributed by atoms with E-state index in [0.29, 0.717) is 42.6 Å². The lowest BCUT2D eigenvalue weighted by Crippen LogP contribution is -2.49. The molecule has 1 saturated heterocycles. The number of nitrogens with zero attached hydrogens (tertiary/aromatic N) is 1. The van der Waals surface area contributed by atoms with Crippen molar-refractivity contribution in [2.45, 2.75) is 32.7 Å². The van der Waals surface area contributed by atoms with Crippen molar-refractivity contribution in [1.82, 2.24) is 4.90 Å². The molecule has 6 nitrogen and oxygen atoms in total. The van der Waals surface area contributed by atoms with Crippen molar-refractivity contribution < 1.29 is 24.2 Å². The molecule has 0 saturated carbocycles. The molecule has 126 valence electrons. The van der Waals surface area contributed by atoms with Crippen molar-refractivity contribution in [3.63, 3.8) is 0 Å². The summed E-state index contributed by atoms with van der Waals surface area (Å²) < 4.78 is 10.7. The van der Waals surface area contributed by atoms with Crippen molar-refractivity contribution in [3.05, 3.63) is 23.8 Å². The van der Waals surface area contributed by atoms with Gasteiger partial charge in [-0.15, -0.1) is 0 Å². The zero-order valence-electron chi connectivity index (χ0n) is 13.7. The van der Waals surface area contributed by atoms with Gasteiger partial charge in [0.05, 0.1) is 13.7 Å². The molecule has 2 rings (SSSR count). The lowest BCUT2D eigenvalue weighted by atomic mass is 9.92. The Morgan fingerprint density at radius 1 is 1.35 bits per heavy atom. The Hall–Kier alpha value is -2.24. The quantitative estimate of drug-likeness (QED) is 0.901. The Kier molecular flexibility index (Phi) is 5.47. The molecule has 0 aromatic heterocycles. The Morgan fingerprint density at radius 3 is 2.70 bits per heavy atom. The number of ether oxygens (including phenoxy) is 2. The third-order valence-corrected chi connectivity index (χ3v) is 4.12. The second-order valence-electron chi connectivity index (χ2n) is 5.78. The summed E-state index contributed by atoms with van der Waals surface area (Å²) in [6, 6.07) is 4.15. The first-order valence-corrected chi connectivity index (χ1v) is 7.82. The number of carbonyl (C=O) groups excluding carboxylic acids is 1. The molecule has 6 heteroatoms.